The van der Waals surface area contributed by atoms with Gasteiger partial charge in [0.2, 0.25) is 0 Å². The molecule has 0 aromatic carbocycles. The van der Waals surface area contributed by atoms with Crippen molar-refractivity contribution in [3.63, 3.8) is 0 Å². The van der Waals surface area contributed by atoms with Crippen LogP contribution in [0.2, 0.25) is 0 Å². The Hall–Kier alpha value is 0.0700. The van der Waals surface area contributed by atoms with Gasteiger partial charge in [-0.25, -0.2) is 4.31 Å². The first-order chi connectivity index (χ1) is 5.72. The van der Waals surface area contributed by atoms with E-state index < -0.39 is 11.3 Å². The third kappa shape index (κ3) is 5.69. The summed E-state index contributed by atoms with van der Waals surface area (Å²) < 4.78 is 22.8. The van der Waals surface area contributed by atoms with Crippen molar-refractivity contribution >= 4 is 11.3 Å². The van der Waals surface area contributed by atoms with E-state index in [1.807, 2.05) is 0 Å². The maximum absolute atomic E-state index is 10.6. The third-order valence-corrected chi connectivity index (χ3v) is 2.52. The first kappa shape index (κ1) is 12.1. The standard InChI is InChI=1S/C8H19NO2S/c1-3-5-7-9(12(10)11)8-6-4-2/h3-8H2,1-2H3,(H,10,11)/p-1. The minimum atomic E-state index is -2.02. The monoisotopic (exact) mass is 192 g/mol. The molecule has 0 saturated carbocycles. The smallest absolute Gasteiger partial charge is 0.0209 e. The van der Waals surface area contributed by atoms with Crippen molar-refractivity contribution in [1.29, 1.82) is 0 Å². The second-order valence-electron chi connectivity index (χ2n) is 2.85. The average Bonchev–Trinajstić information content (AvgIpc) is 2.04. The van der Waals surface area contributed by atoms with Crippen molar-refractivity contribution in [3.8, 4) is 0 Å². The van der Waals surface area contributed by atoms with Gasteiger partial charge >= 0.3 is 0 Å². The van der Waals surface area contributed by atoms with Gasteiger partial charge in [-0.2, -0.15) is 0 Å². The van der Waals surface area contributed by atoms with Crippen LogP contribution in [0.1, 0.15) is 39.5 Å². The molecule has 1 unspecified atom stereocenters. The summed E-state index contributed by atoms with van der Waals surface area (Å²) in [6.07, 6.45) is 4.00. The van der Waals surface area contributed by atoms with Crippen molar-refractivity contribution in [2.75, 3.05) is 13.1 Å². The molecule has 0 amide bonds. The predicted molar refractivity (Wildman–Crippen MR) is 50.3 cm³/mol. The lowest BCUT2D eigenvalue weighted by Gasteiger charge is -2.23. The van der Waals surface area contributed by atoms with Crippen LogP contribution in [0.3, 0.4) is 0 Å². The molecule has 0 aliphatic carbocycles. The molecule has 0 rings (SSSR count). The van der Waals surface area contributed by atoms with Crippen LogP contribution >= 0.6 is 0 Å². The van der Waals surface area contributed by atoms with Gasteiger partial charge in [-0.1, -0.05) is 26.7 Å². The maximum Gasteiger partial charge on any atom is 0.0209 e. The summed E-state index contributed by atoms with van der Waals surface area (Å²) in [5.41, 5.74) is 0. The summed E-state index contributed by atoms with van der Waals surface area (Å²) in [6.45, 7) is 5.47. The Kier molecular flexibility index (Phi) is 7.75. The van der Waals surface area contributed by atoms with Gasteiger partial charge in [0.05, 0.1) is 0 Å². The lowest BCUT2D eigenvalue weighted by Crippen LogP contribution is -2.27. The highest BCUT2D eigenvalue weighted by Crippen LogP contribution is 2.00. The largest absolute Gasteiger partial charge is 0.760 e. The fourth-order valence-electron chi connectivity index (χ4n) is 0.930. The van der Waals surface area contributed by atoms with Gasteiger partial charge < -0.3 is 4.55 Å². The van der Waals surface area contributed by atoms with E-state index in [0.717, 1.165) is 25.7 Å². The lowest BCUT2D eigenvalue weighted by atomic mass is 10.3. The molecule has 0 heterocycles. The molecule has 0 bridgehead atoms. The first-order valence-electron chi connectivity index (χ1n) is 4.56. The fourth-order valence-corrected chi connectivity index (χ4v) is 1.49. The van der Waals surface area contributed by atoms with E-state index in [-0.39, 0.29) is 0 Å². The van der Waals surface area contributed by atoms with Crippen LogP contribution < -0.4 is 0 Å². The van der Waals surface area contributed by atoms with Crippen molar-refractivity contribution < 1.29 is 8.76 Å². The molecule has 0 aromatic rings. The molecule has 4 heteroatoms. The Labute approximate surface area is 77.6 Å². The molecule has 0 fully saturated rings. The van der Waals surface area contributed by atoms with Gasteiger partial charge in [0.25, 0.3) is 0 Å². The zero-order valence-corrected chi connectivity index (χ0v) is 8.73. The Morgan fingerprint density at radius 3 is 1.83 bits per heavy atom. The Morgan fingerprint density at radius 2 is 1.58 bits per heavy atom. The van der Waals surface area contributed by atoms with E-state index in [0.29, 0.717) is 13.1 Å². The summed E-state index contributed by atoms with van der Waals surface area (Å²) in [5, 5.41) is 0. The van der Waals surface area contributed by atoms with Gasteiger partial charge in [-0.05, 0) is 12.8 Å². The van der Waals surface area contributed by atoms with E-state index in [9.17, 15) is 8.76 Å². The predicted octanol–water partition coefficient (Wildman–Crippen LogP) is 1.68. The average molecular weight is 192 g/mol. The van der Waals surface area contributed by atoms with E-state index in [4.69, 9.17) is 0 Å². The molecule has 0 N–H and O–H groups in total. The first-order valence-corrected chi connectivity index (χ1v) is 5.59. The number of hydrogen-bond acceptors (Lipinski definition) is 2. The number of nitrogens with zero attached hydrogens (tertiary/aromatic N) is 1. The Morgan fingerprint density at radius 1 is 1.17 bits per heavy atom. The molecular weight excluding hydrogens is 174 g/mol. The molecule has 0 saturated heterocycles. The topological polar surface area (TPSA) is 43.4 Å². The molecule has 3 nitrogen and oxygen atoms in total. The highest BCUT2D eigenvalue weighted by Gasteiger charge is 2.02. The normalized spacial score (nSPS) is 13.7. The molecule has 0 aromatic heterocycles. The summed E-state index contributed by atoms with van der Waals surface area (Å²) in [5.74, 6) is 0. The third-order valence-electron chi connectivity index (χ3n) is 1.73. The molecule has 1 atom stereocenters. The highest BCUT2D eigenvalue weighted by molar-refractivity contribution is 7.76. The number of unbranched alkanes of at least 4 members (excludes halogenated alkanes) is 2. The number of hydrogen-bond donors (Lipinski definition) is 0. The molecular formula is C8H18NO2S-. The molecule has 74 valence electrons. The van der Waals surface area contributed by atoms with E-state index in [1.54, 1.807) is 0 Å². The van der Waals surface area contributed by atoms with Crippen LogP contribution in [0.25, 0.3) is 0 Å². The minimum absolute atomic E-state index is 0.673. The van der Waals surface area contributed by atoms with Crippen LogP contribution in [-0.4, -0.2) is 26.2 Å². The molecule has 0 radical (unpaired) electrons. The minimum Gasteiger partial charge on any atom is -0.760 e. The quantitative estimate of drug-likeness (QED) is 0.576. The van der Waals surface area contributed by atoms with Gasteiger partial charge in [-0.15, -0.1) is 0 Å². The van der Waals surface area contributed by atoms with E-state index in [2.05, 4.69) is 13.8 Å². The van der Waals surface area contributed by atoms with Gasteiger partial charge in [0, 0.05) is 24.4 Å². The summed E-state index contributed by atoms with van der Waals surface area (Å²) >= 11 is -2.02. The Balaban J connectivity index is 3.62. The molecule has 0 aliphatic heterocycles. The van der Waals surface area contributed by atoms with Crippen LogP contribution in [-0.2, 0) is 11.3 Å². The van der Waals surface area contributed by atoms with E-state index >= 15 is 0 Å². The van der Waals surface area contributed by atoms with Crippen LogP contribution in [0, 0.1) is 0 Å². The van der Waals surface area contributed by atoms with Crippen molar-refractivity contribution in [1.82, 2.24) is 4.31 Å². The van der Waals surface area contributed by atoms with Crippen molar-refractivity contribution in [3.05, 3.63) is 0 Å². The molecule has 0 spiro atoms. The summed E-state index contributed by atoms with van der Waals surface area (Å²) in [6, 6.07) is 0. The maximum atomic E-state index is 10.6. The van der Waals surface area contributed by atoms with Gasteiger partial charge in [-0.3, -0.25) is 4.21 Å². The SMILES string of the molecule is CCCCN(CCCC)S(=O)[O-]. The zero-order valence-electron chi connectivity index (χ0n) is 7.91. The van der Waals surface area contributed by atoms with Gasteiger partial charge in [0.15, 0.2) is 0 Å². The van der Waals surface area contributed by atoms with Crippen molar-refractivity contribution in [2.24, 2.45) is 0 Å². The fraction of sp³-hybridized carbons (Fsp3) is 1.00. The van der Waals surface area contributed by atoms with Crippen LogP contribution in [0.4, 0.5) is 0 Å². The summed E-state index contributed by atoms with van der Waals surface area (Å²) in [7, 11) is 0. The Bertz CT molecular complexity index is 122. The second kappa shape index (κ2) is 7.71. The molecule has 12 heavy (non-hydrogen) atoms. The van der Waals surface area contributed by atoms with E-state index in [1.165, 1.54) is 4.31 Å². The number of rotatable bonds is 7. The summed E-state index contributed by atoms with van der Waals surface area (Å²) in [4.78, 5) is 0. The van der Waals surface area contributed by atoms with Crippen LogP contribution in [0.15, 0.2) is 0 Å². The van der Waals surface area contributed by atoms with Crippen molar-refractivity contribution in [2.45, 2.75) is 39.5 Å². The molecule has 0 aliphatic rings. The van der Waals surface area contributed by atoms with Gasteiger partial charge in [0.1, 0.15) is 0 Å². The highest BCUT2D eigenvalue weighted by atomic mass is 32.2. The lowest BCUT2D eigenvalue weighted by molar-refractivity contribution is 0.375. The second-order valence-corrected chi connectivity index (χ2v) is 3.80. The zero-order chi connectivity index (χ0) is 9.40. The van der Waals surface area contributed by atoms with Crippen LogP contribution in [0.5, 0.6) is 0 Å².